The molecule has 1 heterocycles. The Hall–Kier alpha value is -1.92. The largest absolute Gasteiger partial charge is 0.480 e. The van der Waals surface area contributed by atoms with Crippen LogP contribution in [0.2, 0.25) is 0 Å². The Bertz CT molecular complexity index is 500. The number of hydrogen-bond acceptors (Lipinski definition) is 4. The van der Waals surface area contributed by atoms with Gasteiger partial charge in [0.15, 0.2) is 0 Å². The quantitative estimate of drug-likeness (QED) is 0.728. The fourth-order valence-electron chi connectivity index (χ4n) is 2.25. The number of anilines is 1. The highest BCUT2D eigenvalue weighted by Crippen LogP contribution is 2.18. The van der Waals surface area contributed by atoms with Crippen LogP contribution in [0.5, 0.6) is 0 Å². The lowest BCUT2D eigenvalue weighted by Gasteiger charge is -2.24. The fourth-order valence-corrected chi connectivity index (χ4v) is 2.25. The third-order valence-electron chi connectivity index (χ3n) is 3.31. The zero-order chi connectivity index (χ0) is 14.7. The number of β-amino-alcohol motifs (C(OH)–C–C–N with tert-alkyl or cyclic N) is 1. The Kier molecular flexibility index (Phi) is 4.36. The number of aliphatic hydroxyl groups is 1. The topological polar surface area (TPSA) is 89.9 Å². The number of aryl methyl sites for hydroxylation is 1. The molecule has 1 amide bonds. The van der Waals surface area contributed by atoms with Gasteiger partial charge in [0, 0.05) is 12.2 Å². The van der Waals surface area contributed by atoms with E-state index in [0.717, 1.165) is 5.56 Å². The number of carboxylic acids is 1. The Morgan fingerprint density at radius 2 is 2.00 bits per heavy atom. The third-order valence-corrected chi connectivity index (χ3v) is 3.31. The van der Waals surface area contributed by atoms with E-state index >= 15 is 0 Å². The summed E-state index contributed by atoms with van der Waals surface area (Å²) in [6, 6.07) is 6.57. The number of aliphatic hydroxyl groups excluding tert-OH is 1. The van der Waals surface area contributed by atoms with Crippen molar-refractivity contribution in [1.82, 2.24) is 5.32 Å². The minimum Gasteiger partial charge on any atom is -0.480 e. The number of benzene rings is 1. The van der Waals surface area contributed by atoms with Crippen LogP contribution in [0.3, 0.4) is 0 Å². The van der Waals surface area contributed by atoms with Gasteiger partial charge >= 0.3 is 5.97 Å². The molecule has 0 spiro atoms. The molecule has 2 rings (SSSR count). The van der Waals surface area contributed by atoms with Gasteiger partial charge in [-0.1, -0.05) is 17.7 Å². The van der Waals surface area contributed by atoms with Crippen molar-refractivity contribution >= 4 is 17.6 Å². The van der Waals surface area contributed by atoms with E-state index in [1.807, 2.05) is 19.1 Å². The van der Waals surface area contributed by atoms with Gasteiger partial charge in [0.25, 0.3) is 0 Å². The lowest BCUT2D eigenvalue weighted by atomic mass is 10.1. The van der Waals surface area contributed by atoms with Gasteiger partial charge in [-0.3, -0.25) is 14.5 Å². The highest BCUT2D eigenvalue weighted by molar-refractivity contribution is 6.00. The number of carbonyl (C=O) groups is 2. The van der Waals surface area contributed by atoms with Crippen molar-refractivity contribution in [2.24, 2.45) is 0 Å². The minimum atomic E-state index is -1.07. The molecule has 0 bridgehead atoms. The number of rotatable bonds is 4. The van der Waals surface area contributed by atoms with E-state index in [1.165, 1.54) is 4.90 Å². The SMILES string of the molecule is Cc1ccc(N(CC(=O)O)C(=O)C2CC(O)CN2)cc1. The van der Waals surface area contributed by atoms with E-state index < -0.39 is 24.7 Å². The normalized spacial score (nSPS) is 21.7. The maximum atomic E-state index is 12.4. The second-order valence-electron chi connectivity index (χ2n) is 5.00. The molecule has 108 valence electrons. The van der Waals surface area contributed by atoms with Crippen molar-refractivity contribution in [2.75, 3.05) is 18.0 Å². The lowest BCUT2D eigenvalue weighted by molar-refractivity contribution is -0.136. The van der Waals surface area contributed by atoms with Gasteiger partial charge in [-0.05, 0) is 25.5 Å². The molecule has 1 fully saturated rings. The van der Waals surface area contributed by atoms with Crippen molar-refractivity contribution in [2.45, 2.75) is 25.5 Å². The van der Waals surface area contributed by atoms with Gasteiger partial charge in [-0.25, -0.2) is 0 Å². The summed E-state index contributed by atoms with van der Waals surface area (Å²) < 4.78 is 0. The van der Waals surface area contributed by atoms with Gasteiger partial charge in [-0.15, -0.1) is 0 Å². The van der Waals surface area contributed by atoms with E-state index in [0.29, 0.717) is 18.7 Å². The van der Waals surface area contributed by atoms with E-state index in [1.54, 1.807) is 12.1 Å². The van der Waals surface area contributed by atoms with Gasteiger partial charge in [0.1, 0.15) is 6.54 Å². The number of carbonyl (C=O) groups excluding carboxylic acids is 1. The Labute approximate surface area is 117 Å². The van der Waals surface area contributed by atoms with Crippen molar-refractivity contribution in [3.8, 4) is 0 Å². The summed E-state index contributed by atoms with van der Waals surface area (Å²) >= 11 is 0. The first kappa shape index (κ1) is 14.5. The van der Waals surface area contributed by atoms with Crippen molar-refractivity contribution in [1.29, 1.82) is 0 Å². The fraction of sp³-hybridized carbons (Fsp3) is 0.429. The molecule has 6 heteroatoms. The molecule has 0 saturated carbocycles. The van der Waals surface area contributed by atoms with Crippen LogP contribution >= 0.6 is 0 Å². The zero-order valence-electron chi connectivity index (χ0n) is 11.2. The van der Waals surface area contributed by atoms with Crippen LogP contribution in [-0.2, 0) is 9.59 Å². The molecule has 0 radical (unpaired) electrons. The highest BCUT2D eigenvalue weighted by Gasteiger charge is 2.32. The van der Waals surface area contributed by atoms with Crippen LogP contribution in [0.25, 0.3) is 0 Å². The van der Waals surface area contributed by atoms with E-state index in [4.69, 9.17) is 5.11 Å². The van der Waals surface area contributed by atoms with Crippen molar-refractivity contribution in [3.05, 3.63) is 29.8 Å². The maximum Gasteiger partial charge on any atom is 0.323 e. The van der Waals surface area contributed by atoms with Crippen LogP contribution < -0.4 is 10.2 Å². The minimum absolute atomic E-state index is 0.306. The number of nitrogens with one attached hydrogen (secondary N) is 1. The number of aliphatic carboxylic acids is 1. The third kappa shape index (κ3) is 3.34. The number of nitrogens with zero attached hydrogens (tertiary/aromatic N) is 1. The molecule has 1 aromatic rings. The van der Waals surface area contributed by atoms with E-state index in [2.05, 4.69) is 5.32 Å². The average molecular weight is 278 g/mol. The second-order valence-corrected chi connectivity index (χ2v) is 5.00. The molecule has 2 atom stereocenters. The summed E-state index contributed by atoms with van der Waals surface area (Å²) in [4.78, 5) is 24.6. The molecular weight excluding hydrogens is 260 g/mol. The Morgan fingerprint density at radius 3 is 2.50 bits per heavy atom. The first-order valence-electron chi connectivity index (χ1n) is 6.48. The molecular formula is C14H18N2O4. The predicted molar refractivity (Wildman–Crippen MR) is 73.6 cm³/mol. The standard InChI is InChI=1S/C14H18N2O4/c1-9-2-4-10(5-3-9)16(8-13(18)19)14(20)12-6-11(17)7-15-12/h2-5,11-12,15,17H,6-8H2,1H3,(H,18,19). The van der Waals surface area contributed by atoms with Crippen molar-refractivity contribution in [3.63, 3.8) is 0 Å². The highest BCUT2D eigenvalue weighted by atomic mass is 16.4. The molecule has 0 aliphatic carbocycles. The average Bonchev–Trinajstić information content (AvgIpc) is 2.83. The summed E-state index contributed by atoms with van der Waals surface area (Å²) in [7, 11) is 0. The Balaban J connectivity index is 2.20. The summed E-state index contributed by atoms with van der Waals surface area (Å²) in [5.41, 5.74) is 1.58. The number of hydrogen-bond donors (Lipinski definition) is 3. The molecule has 1 aliphatic heterocycles. The van der Waals surface area contributed by atoms with Gasteiger partial charge in [0.05, 0.1) is 12.1 Å². The van der Waals surface area contributed by atoms with Crippen molar-refractivity contribution < 1.29 is 19.8 Å². The number of carboxylic acid groups (broad SMARTS) is 1. The molecule has 0 aromatic heterocycles. The summed E-state index contributed by atoms with van der Waals surface area (Å²) in [6.07, 6.45) is -0.255. The van der Waals surface area contributed by atoms with Crippen LogP contribution in [-0.4, -0.2) is 47.3 Å². The predicted octanol–water partition coefficient (Wildman–Crippen LogP) is 0.135. The molecule has 3 N–H and O–H groups in total. The summed E-state index contributed by atoms with van der Waals surface area (Å²) in [6.45, 7) is 1.88. The zero-order valence-corrected chi connectivity index (χ0v) is 11.2. The van der Waals surface area contributed by atoms with Crippen LogP contribution in [0.4, 0.5) is 5.69 Å². The molecule has 20 heavy (non-hydrogen) atoms. The molecule has 1 aliphatic rings. The van der Waals surface area contributed by atoms with Gasteiger partial charge in [-0.2, -0.15) is 0 Å². The van der Waals surface area contributed by atoms with Gasteiger partial charge < -0.3 is 15.5 Å². The monoisotopic (exact) mass is 278 g/mol. The van der Waals surface area contributed by atoms with Crippen LogP contribution in [0, 0.1) is 6.92 Å². The Morgan fingerprint density at radius 1 is 1.35 bits per heavy atom. The molecule has 1 aromatic carbocycles. The smallest absolute Gasteiger partial charge is 0.323 e. The summed E-state index contributed by atoms with van der Waals surface area (Å²) in [5.74, 6) is -1.40. The lowest BCUT2D eigenvalue weighted by Crippen LogP contribution is -2.46. The number of amides is 1. The first-order chi connectivity index (χ1) is 9.47. The summed E-state index contributed by atoms with van der Waals surface area (Å²) in [5, 5.41) is 21.4. The van der Waals surface area contributed by atoms with E-state index in [9.17, 15) is 14.7 Å². The van der Waals surface area contributed by atoms with E-state index in [-0.39, 0.29) is 5.91 Å². The molecule has 6 nitrogen and oxygen atoms in total. The first-order valence-corrected chi connectivity index (χ1v) is 6.48. The second kappa shape index (κ2) is 6.02. The van der Waals surface area contributed by atoms with Crippen LogP contribution in [0.15, 0.2) is 24.3 Å². The van der Waals surface area contributed by atoms with Crippen LogP contribution in [0.1, 0.15) is 12.0 Å². The maximum absolute atomic E-state index is 12.4. The molecule has 2 unspecified atom stereocenters. The van der Waals surface area contributed by atoms with Gasteiger partial charge in [0.2, 0.25) is 5.91 Å². The molecule has 1 saturated heterocycles.